The van der Waals surface area contributed by atoms with Gasteiger partial charge in [-0.25, -0.2) is 4.39 Å². The number of ether oxygens (including phenoxy) is 1. The number of allylic oxidation sites excluding steroid dienone is 1. The molecule has 1 unspecified atom stereocenters. The smallest absolute Gasteiger partial charge is 0.178 e. The molecule has 0 aliphatic carbocycles. The number of hydrogen-bond donors (Lipinski definition) is 1. The van der Waals surface area contributed by atoms with Crippen molar-refractivity contribution < 1.29 is 13.9 Å². The van der Waals surface area contributed by atoms with Gasteiger partial charge in [0.2, 0.25) is 0 Å². The standard InChI is InChI=1S/C7H10FNO2/c8-6(5-10)3-7-4-9-1-2-11-7/h3,5,7,9H,1-2,4H2/b6-3-. The summed E-state index contributed by atoms with van der Waals surface area (Å²) in [7, 11) is 0. The van der Waals surface area contributed by atoms with E-state index in [-0.39, 0.29) is 12.4 Å². The van der Waals surface area contributed by atoms with E-state index in [4.69, 9.17) is 4.74 Å². The van der Waals surface area contributed by atoms with E-state index >= 15 is 0 Å². The highest BCUT2D eigenvalue weighted by Gasteiger charge is 2.10. The van der Waals surface area contributed by atoms with Crippen LogP contribution in [0.15, 0.2) is 11.9 Å². The maximum Gasteiger partial charge on any atom is 0.178 e. The van der Waals surface area contributed by atoms with Crippen LogP contribution in [0.5, 0.6) is 0 Å². The third-order valence-electron chi connectivity index (χ3n) is 1.41. The number of carbonyl (C=O) groups is 1. The SMILES string of the molecule is O=C/C(F)=C/C1CNCCO1. The number of halogens is 1. The minimum absolute atomic E-state index is 0.179. The Morgan fingerprint density at radius 3 is 3.09 bits per heavy atom. The van der Waals surface area contributed by atoms with Crippen LogP contribution in [0, 0.1) is 0 Å². The zero-order chi connectivity index (χ0) is 8.10. The average Bonchev–Trinajstić information content (AvgIpc) is 2.06. The van der Waals surface area contributed by atoms with Crippen LogP contribution in [0.25, 0.3) is 0 Å². The molecule has 62 valence electrons. The highest BCUT2D eigenvalue weighted by molar-refractivity contribution is 5.69. The number of nitrogens with one attached hydrogen (secondary N) is 1. The van der Waals surface area contributed by atoms with Gasteiger partial charge in [0.15, 0.2) is 12.1 Å². The normalized spacial score (nSPS) is 26.6. The molecule has 1 aliphatic rings. The fourth-order valence-electron chi connectivity index (χ4n) is 0.910. The number of morpholine rings is 1. The maximum atomic E-state index is 12.3. The Balaban J connectivity index is 2.40. The van der Waals surface area contributed by atoms with Crippen molar-refractivity contribution in [2.75, 3.05) is 19.7 Å². The zero-order valence-electron chi connectivity index (χ0n) is 6.05. The molecule has 0 radical (unpaired) electrons. The number of aldehydes is 1. The summed E-state index contributed by atoms with van der Waals surface area (Å²) >= 11 is 0. The van der Waals surface area contributed by atoms with Gasteiger partial charge in [0, 0.05) is 13.1 Å². The Morgan fingerprint density at radius 2 is 2.55 bits per heavy atom. The molecule has 0 bridgehead atoms. The molecular weight excluding hydrogens is 149 g/mol. The molecule has 1 aliphatic heterocycles. The van der Waals surface area contributed by atoms with Crippen LogP contribution in [0.2, 0.25) is 0 Å². The van der Waals surface area contributed by atoms with Crippen molar-refractivity contribution in [1.82, 2.24) is 5.32 Å². The molecular formula is C7H10FNO2. The lowest BCUT2D eigenvalue weighted by atomic mass is 10.3. The predicted octanol–water partition coefficient (Wildman–Crippen LogP) is 0.0271. The van der Waals surface area contributed by atoms with Crippen molar-refractivity contribution in [2.24, 2.45) is 0 Å². The van der Waals surface area contributed by atoms with Gasteiger partial charge in [0.1, 0.15) is 0 Å². The van der Waals surface area contributed by atoms with E-state index in [1.165, 1.54) is 6.08 Å². The topological polar surface area (TPSA) is 38.3 Å². The first-order valence-electron chi connectivity index (χ1n) is 3.48. The van der Waals surface area contributed by atoms with Crippen LogP contribution in [0.1, 0.15) is 0 Å². The lowest BCUT2D eigenvalue weighted by Crippen LogP contribution is -2.37. The molecule has 1 N–H and O–H groups in total. The molecule has 0 aromatic rings. The summed E-state index contributed by atoms with van der Waals surface area (Å²) in [6.07, 6.45) is 1.06. The Labute approximate surface area is 64.2 Å². The first kappa shape index (κ1) is 8.36. The van der Waals surface area contributed by atoms with E-state index in [2.05, 4.69) is 5.32 Å². The van der Waals surface area contributed by atoms with Crippen LogP contribution >= 0.6 is 0 Å². The summed E-state index contributed by atoms with van der Waals surface area (Å²) < 4.78 is 17.4. The van der Waals surface area contributed by atoms with Crippen LogP contribution in [0.3, 0.4) is 0 Å². The van der Waals surface area contributed by atoms with Gasteiger partial charge >= 0.3 is 0 Å². The van der Waals surface area contributed by atoms with Gasteiger partial charge in [-0.2, -0.15) is 0 Å². The Kier molecular flexibility index (Phi) is 3.19. The van der Waals surface area contributed by atoms with Crippen LogP contribution in [-0.4, -0.2) is 32.1 Å². The average molecular weight is 159 g/mol. The van der Waals surface area contributed by atoms with E-state index in [1.807, 2.05) is 0 Å². The Morgan fingerprint density at radius 1 is 1.73 bits per heavy atom. The van der Waals surface area contributed by atoms with Crippen molar-refractivity contribution in [3.05, 3.63) is 11.9 Å². The number of carbonyl (C=O) groups excluding carboxylic acids is 1. The van der Waals surface area contributed by atoms with Crippen LogP contribution in [-0.2, 0) is 9.53 Å². The molecule has 4 heteroatoms. The Bertz CT molecular complexity index is 164. The molecule has 11 heavy (non-hydrogen) atoms. The quantitative estimate of drug-likeness (QED) is 0.456. The summed E-state index contributed by atoms with van der Waals surface area (Å²) in [5.41, 5.74) is 0. The first-order valence-corrected chi connectivity index (χ1v) is 3.48. The number of rotatable bonds is 2. The van der Waals surface area contributed by atoms with E-state index in [0.29, 0.717) is 13.2 Å². The summed E-state index contributed by atoms with van der Waals surface area (Å²) in [6, 6.07) is 0. The van der Waals surface area contributed by atoms with Gasteiger partial charge in [-0.15, -0.1) is 0 Å². The number of hydrogen-bond acceptors (Lipinski definition) is 3. The van der Waals surface area contributed by atoms with Crippen LogP contribution < -0.4 is 5.32 Å². The van der Waals surface area contributed by atoms with E-state index in [9.17, 15) is 9.18 Å². The minimum Gasteiger partial charge on any atom is -0.371 e. The van der Waals surface area contributed by atoms with Gasteiger partial charge < -0.3 is 10.1 Å². The lowest BCUT2D eigenvalue weighted by molar-refractivity contribution is -0.106. The zero-order valence-corrected chi connectivity index (χ0v) is 6.05. The fourth-order valence-corrected chi connectivity index (χ4v) is 0.910. The molecule has 1 rings (SSSR count). The van der Waals surface area contributed by atoms with Gasteiger partial charge in [-0.05, 0) is 6.08 Å². The van der Waals surface area contributed by atoms with E-state index in [1.54, 1.807) is 0 Å². The molecule has 0 amide bonds. The summed E-state index contributed by atoms with van der Waals surface area (Å²) in [5, 5.41) is 3.01. The second-order valence-corrected chi connectivity index (χ2v) is 2.28. The third kappa shape index (κ3) is 2.78. The third-order valence-corrected chi connectivity index (χ3v) is 1.41. The highest BCUT2D eigenvalue weighted by atomic mass is 19.1. The minimum atomic E-state index is -0.765. The molecule has 0 saturated carbocycles. The molecule has 1 fully saturated rings. The van der Waals surface area contributed by atoms with E-state index in [0.717, 1.165) is 6.54 Å². The molecule has 0 aromatic heterocycles. The van der Waals surface area contributed by atoms with Crippen molar-refractivity contribution in [3.63, 3.8) is 0 Å². The highest BCUT2D eigenvalue weighted by Crippen LogP contribution is 2.01. The van der Waals surface area contributed by atoms with Crippen molar-refractivity contribution in [2.45, 2.75) is 6.10 Å². The van der Waals surface area contributed by atoms with Gasteiger partial charge in [-0.3, -0.25) is 4.79 Å². The monoisotopic (exact) mass is 159 g/mol. The van der Waals surface area contributed by atoms with Gasteiger partial charge in [0.05, 0.1) is 12.7 Å². The molecule has 1 atom stereocenters. The molecule has 1 heterocycles. The van der Waals surface area contributed by atoms with Gasteiger partial charge in [0.25, 0.3) is 0 Å². The van der Waals surface area contributed by atoms with E-state index < -0.39 is 5.83 Å². The summed E-state index contributed by atoms with van der Waals surface area (Å²) in [5.74, 6) is -0.765. The van der Waals surface area contributed by atoms with Crippen molar-refractivity contribution >= 4 is 6.29 Å². The molecule has 0 aromatic carbocycles. The molecule has 3 nitrogen and oxygen atoms in total. The van der Waals surface area contributed by atoms with Crippen molar-refractivity contribution in [1.29, 1.82) is 0 Å². The molecule has 0 spiro atoms. The summed E-state index contributed by atoms with van der Waals surface area (Å²) in [4.78, 5) is 9.86. The van der Waals surface area contributed by atoms with Gasteiger partial charge in [-0.1, -0.05) is 0 Å². The van der Waals surface area contributed by atoms with Crippen LogP contribution in [0.4, 0.5) is 4.39 Å². The fraction of sp³-hybridized carbons (Fsp3) is 0.571. The summed E-state index contributed by atoms with van der Waals surface area (Å²) in [6.45, 7) is 1.92. The Hall–Kier alpha value is -0.740. The second kappa shape index (κ2) is 4.20. The molecule has 1 saturated heterocycles. The second-order valence-electron chi connectivity index (χ2n) is 2.28. The predicted molar refractivity (Wildman–Crippen MR) is 37.9 cm³/mol. The van der Waals surface area contributed by atoms with Crippen molar-refractivity contribution in [3.8, 4) is 0 Å². The largest absolute Gasteiger partial charge is 0.371 e. The lowest BCUT2D eigenvalue weighted by Gasteiger charge is -2.20. The maximum absolute atomic E-state index is 12.3. The first-order chi connectivity index (χ1) is 5.33.